The first-order valence-corrected chi connectivity index (χ1v) is 6.89. The van der Waals surface area contributed by atoms with Gasteiger partial charge >= 0.3 is 0 Å². The summed E-state index contributed by atoms with van der Waals surface area (Å²) in [5.41, 5.74) is 7.76. The summed E-state index contributed by atoms with van der Waals surface area (Å²) in [6.45, 7) is 0. The summed E-state index contributed by atoms with van der Waals surface area (Å²) < 4.78 is 0. The molecule has 5 rings (SSSR count). The van der Waals surface area contributed by atoms with Gasteiger partial charge in [-0.05, 0) is 17.2 Å². The van der Waals surface area contributed by atoms with Crippen molar-refractivity contribution in [1.82, 2.24) is 4.98 Å². The Labute approximate surface area is 117 Å². The molecule has 0 fully saturated rings. The minimum atomic E-state index is 1.21. The lowest BCUT2D eigenvalue weighted by molar-refractivity contribution is 1.56. The van der Waals surface area contributed by atoms with Crippen molar-refractivity contribution in [3.8, 4) is 11.1 Å². The van der Waals surface area contributed by atoms with Gasteiger partial charge in [-0.15, -0.1) is 0 Å². The number of aromatic nitrogens is 1. The van der Waals surface area contributed by atoms with Crippen molar-refractivity contribution >= 4 is 40.0 Å². The highest BCUT2D eigenvalue weighted by Crippen LogP contribution is 2.29. The monoisotopic (exact) mass is 252 g/mol. The Morgan fingerprint density at radius 1 is 0.700 bits per heavy atom. The Bertz CT molecular complexity index is 981. The highest BCUT2D eigenvalue weighted by Gasteiger charge is 2.22. The van der Waals surface area contributed by atoms with E-state index in [-0.39, 0.29) is 0 Å². The lowest BCUT2D eigenvalue weighted by Crippen LogP contribution is -2.21. The number of aromatic amines is 1. The van der Waals surface area contributed by atoms with Crippen LogP contribution in [0.1, 0.15) is 0 Å². The number of benzene rings is 3. The van der Waals surface area contributed by atoms with Crippen LogP contribution >= 0.6 is 0 Å². The number of nitrogens with one attached hydrogen (secondary N) is 1. The largest absolute Gasteiger partial charge is 0.355 e. The zero-order valence-corrected chi connectivity index (χ0v) is 10.9. The molecule has 0 saturated carbocycles. The molecule has 0 spiro atoms. The van der Waals surface area contributed by atoms with Crippen LogP contribution in [0.15, 0.2) is 60.7 Å². The van der Waals surface area contributed by atoms with E-state index < -0.39 is 0 Å². The molecular weight excluding hydrogens is 241 g/mol. The Kier molecular flexibility index (Phi) is 1.83. The molecule has 1 aromatic heterocycles. The highest BCUT2D eigenvalue weighted by molar-refractivity contribution is 6.75. The third-order valence-corrected chi connectivity index (χ3v) is 4.27. The molecule has 0 saturated heterocycles. The number of H-pyrrole nitrogens is 1. The van der Waals surface area contributed by atoms with Gasteiger partial charge in [-0.2, -0.15) is 0 Å². The van der Waals surface area contributed by atoms with Crippen molar-refractivity contribution in [3.05, 3.63) is 60.7 Å². The van der Waals surface area contributed by atoms with E-state index in [1.807, 2.05) is 0 Å². The summed E-state index contributed by atoms with van der Waals surface area (Å²) >= 11 is 0. The number of para-hydroxylation sites is 1. The fourth-order valence-electron chi connectivity index (χ4n) is 3.35. The molecule has 0 bridgehead atoms. The molecule has 1 aliphatic heterocycles. The Morgan fingerprint density at radius 2 is 1.55 bits per heavy atom. The van der Waals surface area contributed by atoms with Gasteiger partial charge in [-0.25, -0.2) is 0 Å². The second-order valence-electron chi connectivity index (χ2n) is 5.35. The maximum atomic E-state index is 3.58. The summed E-state index contributed by atoms with van der Waals surface area (Å²) in [6, 6.07) is 21.6. The lowest BCUT2D eigenvalue weighted by Gasteiger charge is -2.02. The molecule has 20 heavy (non-hydrogen) atoms. The molecule has 2 heterocycles. The topological polar surface area (TPSA) is 15.8 Å². The third kappa shape index (κ3) is 1.19. The number of fused-ring (bicyclic) bond motifs is 7. The Hall–Kier alpha value is -2.48. The van der Waals surface area contributed by atoms with Crippen LogP contribution in [0.25, 0.3) is 32.9 Å². The summed E-state index contributed by atoms with van der Waals surface area (Å²) in [4.78, 5) is 3.58. The molecule has 91 valence electrons. The molecule has 0 atom stereocenters. The average molecular weight is 252 g/mol. The van der Waals surface area contributed by atoms with Crippen LogP contribution in [0.4, 0.5) is 0 Å². The normalized spacial score (nSPS) is 12.4. The Balaban J connectivity index is 1.93. The summed E-state index contributed by atoms with van der Waals surface area (Å²) in [5.74, 6) is 0. The van der Waals surface area contributed by atoms with Crippen LogP contribution in [0, 0.1) is 0 Å². The summed E-state index contributed by atoms with van der Waals surface area (Å²) in [6.07, 6.45) is 0. The smallest absolute Gasteiger partial charge is 0.195 e. The van der Waals surface area contributed by atoms with Crippen LogP contribution in [-0.4, -0.2) is 12.3 Å². The SMILES string of the molecule is [B]1c2ccccc2-c2ccc3c([nH]c4ccccc43)c21. The number of hydrogen-bond acceptors (Lipinski definition) is 0. The molecular formula is C18H11BN. The molecule has 4 aromatic rings. The van der Waals surface area contributed by atoms with E-state index >= 15 is 0 Å². The van der Waals surface area contributed by atoms with Crippen molar-refractivity contribution in [2.75, 3.05) is 0 Å². The number of hydrogen-bond donors (Lipinski definition) is 1. The fraction of sp³-hybridized carbons (Fsp3) is 0. The molecule has 1 radical (unpaired) electrons. The molecule has 2 heteroatoms. The lowest BCUT2D eigenvalue weighted by atomic mass is 9.67. The maximum absolute atomic E-state index is 3.58. The van der Waals surface area contributed by atoms with Gasteiger partial charge in [0.25, 0.3) is 0 Å². The van der Waals surface area contributed by atoms with E-state index in [4.69, 9.17) is 0 Å². The van der Waals surface area contributed by atoms with E-state index in [0.29, 0.717) is 0 Å². The van der Waals surface area contributed by atoms with Gasteiger partial charge in [-0.3, -0.25) is 0 Å². The molecule has 1 N–H and O–H groups in total. The van der Waals surface area contributed by atoms with E-state index in [1.165, 1.54) is 43.9 Å². The molecule has 1 aliphatic rings. The summed E-state index contributed by atoms with van der Waals surface area (Å²) in [7, 11) is 2.29. The highest BCUT2D eigenvalue weighted by atomic mass is 14.7. The summed E-state index contributed by atoms with van der Waals surface area (Å²) in [5, 5.41) is 2.61. The second kappa shape index (κ2) is 3.54. The number of rotatable bonds is 0. The van der Waals surface area contributed by atoms with Gasteiger partial charge in [-0.1, -0.05) is 65.5 Å². The van der Waals surface area contributed by atoms with Crippen molar-refractivity contribution < 1.29 is 0 Å². The average Bonchev–Trinajstić information content (AvgIpc) is 3.05. The van der Waals surface area contributed by atoms with Gasteiger partial charge in [0, 0.05) is 21.8 Å². The van der Waals surface area contributed by atoms with Crippen LogP contribution in [0.3, 0.4) is 0 Å². The first kappa shape index (κ1) is 10.3. The molecule has 0 amide bonds. The van der Waals surface area contributed by atoms with E-state index in [1.54, 1.807) is 0 Å². The molecule has 1 nitrogen and oxygen atoms in total. The van der Waals surface area contributed by atoms with Crippen molar-refractivity contribution in [1.29, 1.82) is 0 Å². The second-order valence-corrected chi connectivity index (χ2v) is 5.35. The first-order chi connectivity index (χ1) is 9.92. The van der Waals surface area contributed by atoms with Crippen LogP contribution < -0.4 is 10.9 Å². The predicted octanol–water partition coefficient (Wildman–Crippen LogP) is 2.96. The van der Waals surface area contributed by atoms with Crippen LogP contribution in [0.5, 0.6) is 0 Å². The van der Waals surface area contributed by atoms with Gasteiger partial charge in [0.05, 0.1) is 0 Å². The van der Waals surface area contributed by atoms with Gasteiger partial charge in [0.15, 0.2) is 7.28 Å². The maximum Gasteiger partial charge on any atom is 0.195 e. The molecule has 0 aliphatic carbocycles. The van der Waals surface area contributed by atoms with Crippen molar-refractivity contribution in [2.45, 2.75) is 0 Å². The van der Waals surface area contributed by atoms with E-state index in [2.05, 4.69) is 72.9 Å². The zero-order valence-electron chi connectivity index (χ0n) is 10.9. The zero-order chi connectivity index (χ0) is 13.1. The standard InChI is InChI=1S/C18H11BN/c1-3-7-15-11(5-1)13-9-10-14-12-6-2-4-8-16(12)20-18(14)17(13)19-15/h1-10,20H. The van der Waals surface area contributed by atoms with Gasteiger partial charge < -0.3 is 4.98 Å². The Morgan fingerprint density at radius 3 is 2.55 bits per heavy atom. The third-order valence-electron chi connectivity index (χ3n) is 4.27. The minimum Gasteiger partial charge on any atom is -0.355 e. The van der Waals surface area contributed by atoms with Crippen molar-refractivity contribution in [2.24, 2.45) is 0 Å². The fourth-order valence-corrected chi connectivity index (χ4v) is 3.35. The van der Waals surface area contributed by atoms with E-state index in [0.717, 1.165) is 0 Å². The van der Waals surface area contributed by atoms with Crippen LogP contribution in [-0.2, 0) is 0 Å². The van der Waals surface area contributed by atoms with E-state index in [9.17, 15) is 0 Å². The minimum absolute atomic E-state index is 1.21. The van der Waals surface area contributed by atoms with Gasteiger partial charge in [0.2, 0.25) is 0 Å². The molecule has 3 aromatic carbocycles. The molecule has 0 unspecified atom stereocenters. The van der Waals surface area contributed by atoms with Crippen molar-refractivity contribution in [3.63, 3.8) is 0 Å². The quantitative estimate of drug-likeness (QED) is 0.408. The predicted molar refractivity (Wildman–Crippen MR) is 86.3 cm³/mol. The van der Waals surface area contributed by atoms with Crippen LogP contribution in [0.2, 0.25) is 0 Å². The first-order valence-electron chi connectivity index (χ1n) is 6.89. The van der Waals surface area contributed by atoms with Gasteiger partial charge in [0.1, 0.15) is 0 Å².